The average Bonchev–Trinajstić information content (AvgIpc) is 3.30. The van der Waals surface area contributed by atoms with Gasteiger partial charge in [0.05, 0.1) is 29.9 Å². The predicted octanol–water partition coefficient (Wildman–Crippen LogP) is 5.58. The monoisotopic (exact) mass is 628 g/mol. The quantitative estimate of drug-likeness (QED) is 0.238. The summed E-state index contributed by atoms with van der Waals surface area (Å²) in [6.45, 7) is 1.65. The van der Waals surface area contributed by atoms with Gasteiger partial charge in [0.15, 0.2) is 10.5 Å². The van der Waals surface area contributed by atoms with E-state index in [1.807, 2.05) is 24.3 Å². The zero-order valence-corrected chi connectivity index (χ0v) is 24.4. The highest BCUT2D eigenvalue weighted by atomic mass is 35.5. The Kier molecular flexibility index (Phi) is 8.74. The predicted molar refractivity (Wildman–Crippen MR) is 156 cm³/mol. The molecule has 1 atom stereocenters. The molecule has 0 saturated carbocycles. The van der Waals surface area contributed by atoms with Gasteiger partial charge in [0.25, 0.3) is 5.56 Å². The number of carbonyl (C=O) groups is 1. The minimum atomic E-state index is -4.98. The molecule has 0 aliphatic carbocycles. The standard InChI is InChI=1S/C31H24ClF3N2O5S/c1-3-41-29(39)25-26(20-8-10-21(32)11-9-20)37-28(38)24(43-30(37)36-27(25)31(33,34)35)16-18-4-14-23(15-5-18)42-17-19-6-12-22(40-2)13-7-19/h4-16,26H,3,17H2,1-2H3/b24-16-/t26-/m0/s1. The van der Waals surface area contributed by atoms with E-state index in [-0.39, 0.29) is 21.5 Å². The van der Waals surface area contributed by atoms with E-state index in [1.54, 1.807) is 37.5 Å². The number of nitrogens with zero attached hydrogens (tertiary/aromatic N) is 2. The van der Waals surface area contributed by atoms with Crippen LogP contribution in [-0.4, -0.2) is 30.4 Å². The number of methoxy groups -OCH3 is 1. The molecule has 0 bridgehead atoms. The molecular formula is C31H24ClF3N2O5S. The van der Waals surface area contributed by atoms with E-state index in [0.29, 0.717) is 22.9 Å². The lowest BCUT2D eigenvalue weighted by atomic mass is 9.95. The second-order valence-electron chi connectivity index (χ2n) is 9.32. The summed E-state index contributed by atoms with van der Waals surface area (Å²) in [4.78, 5) is 30.2. The van der Waals surface area contributed by atoms with Crippen LogP contribution >= 0.6 is 22.9 Å². The number of ether oxygens (including phenoxy) is 3. The summed E-state index contributed by atoms with van der Waals surface area (Å²) >= 11 is 6.81. The molecule has 0 unspecified atom stereocenters. The fraction of sp³-hybridized carbons (Fsp3) is 0.194. The summed E-state index contributed by atoms with van der Waals surface area (Å²) < 4.78 is 59.9. The Morgan fingerprint density at radius 2 is 1.67 bits per heavy atom. The van der Waals surface area contributed by atoms with Gasteiger partial charge in [-0.25, -0.2) is 9.79 Å². The molecular weight excluding hydrogens is 605 g/mol. The maximum atomic E-state index is 14.2. The Bertz CT molecular complexity index is 1850. The van der Waals surface area contributed by atoms with Crippen LogP contribution < -0.4 is 24.4 Å². The fourth-order valence-electron chi connectivity index (χ4n) is 4.50. The molecule has 7 nitrogen and oxygen atoms in total. The van der Waals surface area contributed by atoms with Crippen LogP contribution in [0.15, 0.2) is 93.9 Å². The molecule has 0 fully saturated rings. The SMILES string of the molecule is CCOC(=O)C1=C(C(F)(F)F)N=c2s/c(=C\c3ccc(OCc4ccc(OC)cc4)cc3)c(=O)n2[C@H]1c1ccc(Cl)cc1. The van der Waals surface area contributed by atoms with Crippen LogP contribution in [0.2, 0.25) is 5.02 Å². The lowest BCUT2D eigenvalue weighted by Gasteiger charge is -2.26. The summed E-state index contributed by atoms with van der Waals surface area (Å²) in [5.74, 6) is 0.119. The molecule has 12 heteroatoms. The molecule has 1 aromatic heterocycles. The molecule has 2 heterocycles. The van der Waals surface area contributed by atoms with Gasteiger partial charge in [-0.05, 0) is 66.1 Å². The van der Waals surface area contributed by atoms with Gasteiger partial charge in [0.1, 0.15) is 18.1 Å². The summed E-state index contributed by atoms with van der Waals surface area (Å²) in [5, 5.41) is 0.338. The zero-order chi connectivity index (χ0) is 30.7. The first-order valence-electron chi connectivity index (χ1n) is 13.0. The molecule has 0 spiro atoms. The summed E-state index contributed by atoms with van der Waals surface area (Å²) in [7, 11) is 1.59. The second-order valence-corrected chi connectivity index (χ2v) is 10.8. The molecule has 222 valence electrons. The van der Waals surface area contributed by atoms with Crippen LogP contribution in [-0.2, 0) is 16.1 Å². The minimum absolute atomic E-state index is 0.135. The van der Waals surface area contributed by atoms with E-state index in [4.69, 9.17) is 25.8 Å². The number of allylic oxidation sites excluding steroid dienone is 1. The third-order valence-corrected chi connectivity index (χ3v) is 7.76. The van der Waals surface area contributed by atoms with Crippen molar-refractivity contribution in [1.82, 2.24) is 4.57 Å². The van der Waals surface area contributed by atoms with E-state index in [0.717, 1.165) is 27.2 Å². The van der Waals surface area contributed by atoms with E-state index in [1.165, 1.54) is 31.2 Å². The third-order valence-electron chi connectivity index (χ3n) is 6.52. The lowest BCUT2D eigenvalue weighted by molar-refractivity contribution is -0.140. The summed E-state index contributed by atoms with van der Waals surface area (Å²) in [6.07, 6.45) is -3.43. The Hall–Kier alpha value is -4.35. The number of halogens is 4. The highest BCUT2D eigenvalue weighted by Gasteiger charge is 2.45. The molecule has 3 aromatic carbocycles. The zero-order valence-electron chi connectivity index (χ0n) is 22.9. The van der Waals surface area contributed by atoms with Crippen LogP contribution in [0.4, 0.5) is 13.2 Å². The van der Waals surface area contributed by atoms with Gasteiger partial charge in [-0.15, -0.1) is 0 Å². The number of fused-ring (bicyclic) bond motifs is 1. The van der Waals surface area contributed by atoms with Crippen molar-refractivity contribution in [2.24, 2.45) is 4.99 Å². The first kappa shape index (κ1) is 30.1. The average molecular weight is 629 g/mol. The number of rotatable bonds is 8. The minimum Gasteiger partial charge on any atom is -0.497 e. The molecule has 0 N–H and O–H groups in total. The van der Waals surface area contributed by atoms with Crippen LogP contribution in [0.1, 0.15) is 29.7 Å². The van der Waals surface area contributed by atoms with Crippen LogP contribution in [0.25, 0.3) is 6.08 Å². The largest absolute Gasteiger partial charge is 0.497 e. The molecule has 0 radical (unpaired) electrons. The Balaban J connectivity index is 1.53. The van der Waals surface area contributed by atoms with Crippen molar-refractivity contribution in [3.8, 4) is 11.5 Å². The smallest absolute Gasteiger partial charge is 0.434 e. The van der Waals surface area contributed by atoms with Gasteiger partial charge in [-0.1, -0.05) is 59.3 Å². The molecule has 43 heavy (non-hydrogen) atoms. The first-order valence-corrected chi connectivity index (χ1v) is 14.2. The van der Waals surface area contributed by atoms with Gasteiger partial charge in [-0.3, -0.25) is 9.36 Å². The van der Waals surface area contributed by atoms with Crippen molar-refractivity contribution in [2.75, 3.05) is 13.7 Å². The number of thiazole rings is 1. The van der Waals surface area contributed by atoms with Crippen LogP contribution in [0, 0.1) is 0 Å². The van der Waals surface area contributed by atoms with Gasteiger partial charge in [-0.2, -0.15) is 13.2 Å². The van der Waals surface area contributed by atoms with E-state index in [2.05, 4.69) is 4.99 Å². The van der Waals surface area contributed by atoms with Gasteiger partial charge in [0.2, 0.25) is 0 Å². The van der Waals surface area contributed by atoms with Crippen molar-refractivity contribution < 1.29 is 32.2 Å². The summed E-state index contributed by atoms with van der Waals surface area (Å²) in [5.41, 5.74) is -0.972. The number of carbonyl (C=O) groups excluding carboxylic acids is 1. The number of aromatic nitrogens is 1. The van der Waals surface area contributed by atoms with E-state index in [9.17, 15) is 22.8 Å². The van der Waals surface area contributed by atoms with Crippen LogP contribution in [0.5, 0.6) is 11.5 Å². The number of alkyl halides is 3. The third kappa shape index (κ3) is 6.52. The molecule has 1 aliphatic rings. The van der Waals surface area contributed by atoms with Gasteiger partial charge >= 0.3 is 12.1 Å². The fourth-order valence-corrected chi connectivity index (χ4v) is 5.63. The van der Waals surface area contributed by atoms with Crippen molar-refractivity contribution in [3.63, 3.8) is 0 Å². The van der Waals surface area contributed by atoms with Crippen molar-refractivity contribution >= 4 is 35.0 Å². The number of esters is 1. The Morgan fingerprint density at radius 3 is 2.28 bits per heavy atom. The molecule has 0 amide bonds. The topological polar surface area (TPSA) is 79.1 Å². The molecule has 1 aliphatic heterocycles. The van der Waals surface area contributed by atoms with E-state index >= 15 is 0 Å². The number of hydrogen-bond acceptors (Lipinski definition) is 7. The highest BCUT2D eigenvalue weighted by Crippen LogP contribution is 2.38. The normalized spacial score (nSPS) is 15.1. The van der Waals surface area contributed by atoms with Crippen molar-refractivity contribution in [3.05, 3.63) is 125 Å². The first-order chi connectivity index (χ1) is 20.6. The Morgan fingerprint density at radius 1 is 1.02 bits per heavy atom. The van der Waals surface area contributed by atoms with E-state index < -0.39 is 35.0 Å². The lowest BCUT2D eigenvalue weighted by Crippen LogP contribution is -2.41. The van der Waals surface area contributed by atoms with Gasteiger partial charge in [0, 0.05) is 5.02 Å². The molecule has 0 saturated heterocycles. The Labute approximate surface area is 252 Å². The van der Waals surface area contributed by atoms with Crippen LogP contribution in [0.3, 0.4) is 0 Å². The maximum absolute atomic E-state index is 14.2. The van der Waals surface area contributed by atoms with Crippen molar-refractivity contribution in [2.45, 2.75) is 25.7 Å². The number of benzene rings is 3. The molecule has 4 aromatic rings. The summed E-state index contributed by atoms with van der Waals surface area (Å²) in [6, 6.07) is 18.8. The van der Waals surface area contributed by atoms with Gasteiger partial charge < -0.3 is 14.2 Å². The number of hydrogen-bond donors (Lipinski definition) is 0. The second kappa shape index (κ2) is 12.5. The highest BCUT2D eigenvalue weighted by molar-refractivity contribution is 7.07. The molecule has 5 rings (SSSR count). The van der Waals surface area contributed by atoms with Crippen molar-refractivity contribution in [1.29, 1.82) is 0 Å². The maximum Gasteiger partial charge on any atom is 0.434 e.